The van der Waals surface area contributed by atoms with Crippen LogP contribution in [0.15, 0.2) is 0 Å². The van der Waals surface area contributed by atoms with E-state index in [0.717, 1.165) is 38.0 Å². The number of carbonyl (C=O) groups is 1. The van der Waals surface area contributed by atoms with Gasteiger partial charge in [-0.2, -0.15) is 11.8 Å². The van der Waals surface area contributed by atoms with Gasteiger partial charge in [0.1, 0.15) is 5.78 Å². The van der Waals surface area contributed by atoms with Crippen LogP contribution < -0.4 is 0 Å². The Labute approximate surface area is 113 Å². The zero-order valence-corrected chi connectivity index (χ0v) is 11.8. The fraction of sp³-hybridized carbons (Fsp3) is 0.929. The number of ether oxygens (including phenoxy) is 2. The second kappa shape index (κ2) is 5.14. The van der Waals surface area contributed by atoms with Crippen molar-refractivity contribution in [1.29, 1.82) is 0 Å². The maximum atomic E-state index is 12.5. The summed E-state index contributed by atoms with van der Waals surface area (Å²) < 4.78 is 11.5. The molecular weight excluding hydrogens is 248 g/mol. The molecule has 3 fully saturated rings. The topological polar surface area (TPSA) is 35.5 Å². The monoisotopic (exact) mass is 270 g/mol. The van der Waals surface area contributed by atoms with Crippen LogP contribution >= 0.6 is 11.8 Å². The van der Waals surface area contributed by atoms with Crippen molar-refractivity contribution in [1.82, 2.24) is 0 Å². The Kier molecular flexibility index (Phi) is 3.70. The van der Waals surface area contributed by atoms with Crippen LogP contribution in [0.25, 0.3) is 0 Å². The summed E-state index contributed by atoms with van der Waals surface area (Å²) in [5.74, 6) is 3.07. The molecular formula is C14H22O3S. The summed E-state index contributed by atoms with van der Waals surface area (Å²) in [6.45, 7) is 3.46. The van der Waals surface area contributed by atoms with Gasteiger partial charge in [0.15, 0.2) is 0 Å². The number of hydrogen-bond acceptors (Lipinski definition) is 4. The van der Waals surface area contributed by atoms with Crippen LogP contribution in [0.5, 0.6) is 0 Å². The molecule has 0 aromatic carbocycles. The molecule has 0 aromatic rings. The number of carbonyl (C=O) groups excluding carboxylic acids is 1. The molecule has 3 heterocycles. The van der Waals surface area contributed by atoms with E-state index in [4.69, 9.17) is 9.47 Å². The van der Waals surface area contributed by atoms with Gasteiger partial charge in [-0.3, -0.25) is 4.79 Å². The number of ketones is 1. The van der Waals surface area contributed by atoms with Crippen LogP contribution in [0.2, 0.25) is 0 Å². The molecule has 0 bridgehead atoms. The molecule has 3 aliphatic rings. The molecule has 102 valence electrons. The van der Waals surface area contributed by atoms with Crippen molar-refractivity contribution >= 4 is 17.5 Å². The quantitative estimate of drug-likeness (QED) is 0.771. The average Bonchev–Trinajstić information content (AvgIpc) is 2.98. The lowest BCUT2D eigenvalue weighted by molar-refractivity contribution is -0.137. The van der Waals surface area contributed by atoms with Gasteiger partial charge < -0.3 is 9.47 Å². The zero-order valence-electron chi connectivity index (χ0n) is 11.0. The summed E-state index contributed by atoms with van der Waals surface area (Å²) in [4.78, 5) is 12.5. The Bertz CT molecular complexity index is 325. The molecule has 3 rings (SSSR count). The zero-order chi connectivity index (χ0) is 12.6. The van der Waals surface area contributed by atoms with Crippen molar-refractivity contribution in [3.05, 3.63) is 0 Å². The second-order valence-electron chi connectivity index (χ2n) is 6.00. The summed E-state index contributed by atoms with van der Waals surface area (Å²) in [5, 5.41) is 0. The van der Waals surface area contributed by atoms with Crippen molar-refractivity contribution in [2.45, 2.75) is 44.3 Å². The third-order valence-corrected chi connectivity index (χ3v) is 5.79. The van der Waals surface area contributed by atoms with Gasteiger partial charge in [0, 0.05) is 24.2 Å². The molecule has 18 heavy (non-hydrogen) atoms. The van der Waals surface area contributed by atoms with Gasteiger partial charge in [0.05, 0.1) is 18.3 Å². The van der Waals surface area contributed by atoms with Gasteiger partial charge in [-0.1, -0.05) is 0 Å². The minimum absolute atomic E-state index is 0.0221. The minimum atomic E-state index is 0.0221. The molecule has 4 atom stereocenters. The highest BCUT2D eigenvalue weighted by atomic mass is 32.2. The molecule has 0 amide bonds. The van der Waals surface area contributed by atoms with Gasteiger partial charge in [0.2, 0.25) is 0 Å². The van der Waals surface area contributed by atoms with Crippen molar-refractivity contribution < 1.29 is 14.3 Å². The lowest BCUT2D eigenvalue weighted by Crippen LogP contribution is -2.43. The number of hydrogen-bond donors (Lipinski definition) is 0. The van der Waals surface area contributed by atoms with Gasteiger partial charge >= 0.3 is 0 Å². The van der Waals surface area contributed by atoms with Gasteiger partial charge in [-0.25, -0.2) is 0 Å². The van der Waals surface area contributed by atoms with Gasteiger partial charge in [-0.05, 0) is 38.4 Å². The van der Waals surface area contributed by atoms with Crippen LogP contribution in [-0.4, -0.2) is 42.2 Å². The third kappa shape index (κ3) is 2.47. The first-order valence-electron chi connectivity index (χ1n) is 7.06. The van der Waals surface area contributed by atoms with Crippen LogP contribution in [0.4, 0.5) is 0 Å². The smallest absolute Gasteiger partial charge is 0.141 e. The Morgan fingerprint density at radius 1 is 1.39 bits per heavy atom. The van der Waals surface area contributed by atoms with E-state index in [-0.39, 0.29) is 23.5 Å². The van der Waals surface area contributed by atoms with E-state index in [9.17, 15) is 4.79 Å². The molecule has 1 spiro atoms. The molecule has 3 nitrogen and oxygen atoms in total. The van der Waals surface area contributed by atoms with E-state index >= 15 is 0 Å². The van der Waals surface area contributed by atoms with Crippen LogP contribution in [-0.2, 0) is 14.3 Å². The van der Waals surface area contributed by atoms with Crippen LogP contribution in [0, 0.1) is 11.8 Å². The Balaban J connectivity index is 1.63. The maximum absolute atomic E-state index is 12.5. The highest BCUT2D eigenvalue weighted by molar-refractivity contribution is 7.99. The molecule has 0 saturated carbocycles. The lowest BCUT2D eigenvalue weighted by atomic mass is 9.79. The fourth-order valence-electron chi connectivity index (χ4n) is 3.48. The van der Waals surface area contributed by atoms with Crippen LogP contribution in [0.3, 0.4) is 0 Å². The average molecular weight is 270 g/mol. The first kappa shape index (κ1) is 12.9. The third-order valence-electron chi connectivity index (χ3n) is 4.56. The van der Waals surface area contributed by atoms with Crippen molar-refractivity contribution in [2.24, 2.45) is 11.8 Å². The van der Waals surface area contributed by atoms with E-state index in [1.165, 1.54) is 5.75 Å². The second-order valence-corrected chi connectivity index (χ2v) is 7.11. The summed E-state index contributed by atoms with van der Waals surface area (Å²) in [6, 6.07) is 0. The first-order valence-corrected chi connectivity index (χ1v) is 8.21. The standard InChI is InChI=1S/C14H22O3S/c1-10-6-12(8-16-10)13(15)11-2-4-17-14(7-11)3-5-18-9-14/h10-12H,2-9H2,1H3. The van der Waals surface area contributed by atoms with Gasteiger partial charge in [-0.15, -0.1) is 0 Å². The lowest BCUT2D eigenvalue weighted by Gasteiger charge is -2.37. The summed E-state index contributed by atoms with van der Waals surface area (Å²) in [5.41, 5.74) is 0.0221. The SMILES string of the molecule is CC1CC(C(=O)C2CCOC3(CCSC3)C2)CO1. The van der Waals surface area contributed by atoms with Crippen molar-refractivity contribution in [3.63, 3.8) is 0 Å². The number of thioether (sulfide) groups is 1. The normalized spacial score (nSPS) is 44.6. The fourth-order valence-corrected chi connectivity index (χ4v) is 4.86. The molecule has 4 unspecified atom stereocenters. The summed E-state index contributed by atoms with van der Waals surface area (Å²) >= 11 is 1.96. The van der Waals surface area contributed by atoms with Crippen molar-refractivity contribution in [2.75, 3.05) is 24.7 Å². The van der Waals surface area contributed by atoms with E-state index in [0.29, 0.717) is 12.4 Å². The van der Waals surface area contributed by atoms with E-state index in [2.05, 4.69) is 6.92 Å². The molecule has 3 aliphatic heterocycles. The molecule has 0 aromatic heterocycles. The molecule has 4 heteroatoms. The predicted molar refractivity (Wildman–Crippen MR) is 71.9 cm³/mol. The molecule has 0 N–H and O–H groups in total. The Morgan fingerprint density at radius 2 is 2.28 bits per heavy atom. The summed E-state index contributed by atoms with van der Waals surface area (Å²) in [6.07, 6.45) is 4.16. The first-order chi connectivity index (χ1) is 8.69. The van der Waals surface area contributed by atoms with E-state index in [1.54, 1.807) is 0 Å². The summed E-state index contributed by atoms with van der Waals surface area (Å²) in [7, 11) is 0. The molecule has 3 saturated heterocycles. The number of Topliss-reactive ketones (excluding diaryl/α,β-unsaturated/α-hetero) is 1. The largest absolute Gasteiger partial charge is 0.378 e. The van der Waals surface area contributed by atoms with E-state index < -0.39 is 0 Å². The Morgan fingerprint density at radius 3 is 2.94 bits per heavy atom. The number of rotatable bonds is 2. The maximum Gasteiger partial charge on any atom is 0.141 e. The molecule has 0 radical (unpaired) electrons. The van der Waals surface area contributed by atoms with E-state index in [1.807, 2.05) is 11.8 Å². The molecule has 0 aliphatic carbocycles. The highest BCUT2D eigenvalue weighted by Crippen LogP contribution is 2.41. The minimum Gasteiger partial charge on any atom is -0.378 e. The predicted octanol–water partition coefficient (Wildman–Crippen LogP) is 2.28. The Hall–Kier alpha value is -0.0600. The van der Waals surface area contributed by atoms with Crippen molar-refractivity contribution in [3.8, 4) is 0 Å². The van der Waals surface area contributed by atoms with Gasteiger partial charge in [0.25, 0.3) is 0 Å². The highest BCUT2D eigenvalue weighted by Gasteiger charge is 2.44. The van der Waals surface area contributed by atoms with Crippen LogP contribution in [0.1, 0.15) is 32.6 Å².